The minimum absolute atomic E-state index is 0.239. The van der Waals surface area contributed by atoms with Gasteiger partial charge in [-0.05, 0) is 26.2 Å². The quantitative estimate of drug-likeness (QED) is 0.768. The van der Waals surface area contributed by atoms with Crippen molar-refractivity contribution in [2.24, 2.45) is 0 Å². The predicted octanol–water partition coefficient (Wildman–Crippen LogP) is 1.07. The first-order valence-corrected chi connectivity index (χ1v) is 5.91. The van der Waals surface area contributed by atoms with Gasteiger partial charge in [-0.2, -0.15) is 0 Å². The zero-order valence-electron chi connectivity index (χ0n) is 9.67. The summed E-state index contributed by atoms with van der Waals surface area (Å²) in [5, 5.41) is 7.56. The van der Waals surface area contributed by atoms with Crippen molar-refractivity contribution in [2.75, 3.05) is 6.54 Å². The van der Waals surface area contributed by atoms with Crippen LogP contribution in [0.5, 0.6) is 0 Å². The van der Waals surface area contributed by atoms with E-state index in [0.29, 0.717) is 19.0 Å². The third kappa shape index (κ3) is 2.59. The zero-order valence-corrected chi connectivity index (χ0v) is 9.67. The van der Waals surface area contributed by atoms with Crippen LogP contribution >= 0.6 is 0 Å². The second-order valence-electron chi connectivity index (χ2n) is 4.35. The second-order valence-corrected chi connectivity index (χ2v) is 4.35. The molecule has 2 heterocycles. The topological polar surface area (TPSA) is 51.0 Å². The van der Waals surface area contributed by atoms with E-state index in [9.17, 15) is 4.79 Å². The molecule has 1 saturated heterocycles. The first kappa shape index (κ1) is 11.1. The number of hydrogen-bond acceptors (Lipinski definition) is 3. The number of aryl methyl sites for hydroxylation is 1. The molecule has 1 aromatic heterocycles. The van der Waals surface area contributed by atoms with Crippen LogP contribution in [0.4, 0.5) is 0 Å². The fraction of sp³-hybridized carbons (Fsp3) is 0.727. The average Bonchev–Trinajstić information content (AvgIpc) is 2.79. The number of piperidine rings is 1. The monoisotopic (exact) mass is 222 g/mol. The average molecular weight is 222 g/mol. The summed E-state index contributed by atoms with van der Waals surface area (Å²) >= 11 is 0. The first-order valence-electron chi connectivity index (χ1n) is 5.91. The van der Waals surface area contributed by atoms with Gasteiger partial charge in [0.25, 0.3) is 0 Å². The molecule has 1 fully saturated rings. The Hall–Kier alpha value is -1.39. The maximum Gasteiger partial charge on any atom is 0.224 e. The largest absolute Gasteiger partial charge is 0.340 e. The number of amides is 1. The molecule has 0 aliphatic carbocycles. The third-order valence-corrected chi connectivity index (χ3v) is 3.15. The van der Waals surface area contributed by atoms with Crippen molar-refractivity contribution in [3.63, 3.8) is 0 Å². The summed E-state index contributed by atoms with van der Waals surface area (Å²) in [4.78, 5) is 14.0. The van der Waals surface area contributed by atoms with Gasteiger partial charge in [-0.15, -0.1) is 5.10 Å². The SMILES string of the molecule is CC1CCCCN1C(=O)CCn1ccnn1. The molecule has 0 aromatic carbocycles. The van der Waals surface area contributed by atoms with Crippen molar-refractivity contribution in [3.05, 3.63) is 12.4 Å². The summed E-state index contributed by atoms with van der Waals surface area (Å²) in [5.74, 6) is 0.239. The lowest BCUT2D eigenvalue weighted by molar-refractivity contribution is -0.134. The van der Waals surface area contributed by atoms with Crippen LogP contribution in [0, 0.1) is 0 Å². The molecule has 1 atom stereocenters. The number of nitrogens with zero attached hydrogens (tertiary/aromatic N) is 4. The van der Waals surface area contributed by atoms with Gasteiger partial charge in [0.1, 0.15) is 0 Å². The van der Waals surface area contributed by atoms with Crippen LogP contribution in [-0.2, 0) is 11.3 Å². The fourth-order valence-electron chi connectivity index (χ4n) is 2.17. The number of carbonyl (C=O) groups is 1. The van der Waals surface area contributed by atoms with E-state index in [1.807, 2.05) is 4.90 Å². The highest BCUT2D eigenvalue weighted by atomic mass is 16.2. The lowest BCUT2D eigenvalue weighted by Crippen LogP contribution is -2.42. The molecule has 5 heteroatoms. The number of aromatic nitrogens is 3. The Kier molecular flexibility index (Phi) is 3.54. The van der Waals surface area contributed by atoms with E-state index >= 15 is 0 Å². The maximum atomic E-state index is 12.0. The van der Waals surface area contributed by atoms with Gasteiger partial charge in [-0.1, -0.05) is 5.21 Å². The molecule has 88 valence electrons. The summed E-state index contributed by atoms with van der Waals surface area (Å²) < 4.78 is 1.70. The van der Waals surface area contributed by atoms with Crippen molar-refractivity contribution in [3.8, 4) is 0 Å². The lowest BCUT2D eigenvalue weighted by Gasteiger charge is -2.33. The minimum atomic E-state index is 0.239. The van der Waals surface area contributed by atoms with Crippen molar-refractivity contribution >= 4 is 5.91 Å². The zero-order chi connectivity index (χ0) is 11.4. The van der Waals surface area contributed by atoms with Gasteiger partial charge in [-0.3, -0.25) is 9.48 Å². The van der Waals surface area contributed by atoms with Crippen molar-refractivity contribution < 1.29 is 4.79 Å². The van der Waals surface area contributed by atoms with Crippen LogP contribution in [0.25, 0.3) is 0 Å². The molecule has 1 aliphatic heterocycles. The summed E-state index contributed by atoms with van der Waals surface area (Å²) in [6, 6.07) is 0.400. The van der Waals surface area contributed by atoms with E-state index < -0.39 is 0 Å². The molecular formula is C11H18N4O. The Bertz CT molecular complexity index is 336. The van der Waals surface area contributed by atoms with E-state index in [2.05, 4.69) is 17.2 Å². The highest BCUT2D eigenvalue weighted by molar-refractivity contribution is 5.76. The highest BCUT2D eigenvalue weighted by Gasteiger charge is 2.22. The van der Waals surface area contributed by atoms with Crippen LogP contribution in [0.2, 0.25) is 0 Å². The molecule has 1 amide bonds. The smallest absolute Gasteiger partial charge is 0.224 e. The number of likely N-dealkylation sites (tertiary alicyclic amines) is 1. The summed E-state index contributed by atoms with van der Waals surface area (Å²) in [5.41, 5.74) is 0. The molecule has 2 rings (SSSR count). The van der Waals surface area contributed by atoms with Gasteiger partial charge in [0.15, 0.2) is 0 Å². The highest BCUT2D eigenvalue weighted by Crippen LogP contribution is 2.17. The molecule has 0 bridgehead atoms. The summed E-state index contributed by atoms with van der Waals surface area (Å²) in [7, 11) is 0. The van der Waals surface area contributed by atoms with Gasteiger partial charge in [0.05, 0.1) is 12.7 Å². The summed E-state index contributed by atoms with van der Waals surface area (Å²) in [6.45, 7) is 3.67. The first-order chi connectivity index (χ1) is 7.77. The van der Waals surface area contributed by atoms with Crippen LogP contribution in [0.1, 0.15) is 32.6 Å². The molecule has 1 unspecified atom stereocenters. The number of carbonyl (C=O) groups excluding carboxylic acids is 1. The van der Waals surface area contributed by atoms with E-state index in [0.717, 1.165) is 19.4 Å². The Morgan fingerprint density at radius 3 is 3.06 bits per heavy atom. The van der Waals surface area contributed by atoms with Gasteiger partial charge in [-0.25, -0.2) is 0 Å². The molecule has 16 heavy (non-hydrogen) atoms. The van der Waals surface area contributed by atoms with Gasteiger partial charge >= 0.3 is 0 Å². The van der Waals surface area contributed by atoms with Crippen LogP contribution in [0.15, 0.2) is 12.4 Å². The van der Waals surface area contributed by atoms with Gasteiger partial charge in [0, 0.05) is 25.2 Å². The molecular weight excluding hydrogens is 204 g/mol. The van der Waals surface area contributed by atoms with Crippen LogP contribution in [-0.4, -0.2) is 38.4 Å². The number of rotatable bonds is 3. The standard InChI is InChI=1S/C11H18N4O/c1-10-4-2-3-7-15(10)11(16)5-8-14-9-6-12-13-14/h6,9-10H,2-5,7-8H2,1H3. The number of hydrogen-bond donors (Lipinski definition) is 0. The third-order valence-electron chi connectivity index (χ3n) is 3.15. The van der Waals surface area contributed by atoms with E-state index in [4.69, 9.17) is 0 Å². The molecule has 1 aliphatic rings. The Balaban J connectivity index is 1.83. The van der Waals surface area contributed by atoms with Gasteiger partial charge < -0.3 is 4.90 Å². The van der Waals surface area contributed by atoms with E-state index in [-0.39, 0.29) is 5.91 Å². The Morgan fingerprint density at radius 2 is 2.38 bits per heavy atom. The second kappa shape index (κ2) is 5.09. The predicted molar refractivity (Wildman–Crippen MR) is 59.7 cm³/mol. The van der Waals surface area contributed by atoms with E-state index in [1.54, 1.807) is 17.1 Å². The maximum absolute atomic E-state index is 12.0. The van der Waals surface area contributed by atoms with Crippen LogP contribution in [0.3, 0.4) is 0 Å². The molecule has 0 radical (unpaired) electrons. The van der Waals surface area contributed by atoms with Crippen LogP contribution < -0.4 is 0 Å². The van der Waals surface area contributed by atoms with Crippen molar-refractivity contribution in [1.29, 1.82) is 0 Å². The Morgan fingerprint density at radius 1 is 1.50 bits per heavy atom. The lowest BCUT2D eigenvalue weighted by atomic mass is 10.0. The molecule has 5 nitrogen and oxygen atoms in total. The Labute approximate surface area is 95.4 Å². The van der Waals surface area contributed by atoms with E-state index in [1.165, 1.54) is 6.42 Å². The minimum Gasteiger partial charge on any atom is -0.340 e. The van der Waals surface area contributed by atoms with Gasteiger partial charge in [0.2, 0.25) is 5.91 Å². The molecule has 0 spiro atoms. The molecule has 0 saturated carbocycles. The van der Waals surface area contributed by atoms with Crippen molar-refractivity contribution in [2.45, 2.75) is 45.2 Å². The fourth-order valence-corrected chi connectivity index (χ4v) is 2.17. The van der Waals surface area contributed by atoms with Crippen molar-refractivity contribution in [1.82, 2.24) is 19.9 Å². The normalized spacial score (nSPS) is 21.1. The molecule has 1 aromatic rings. The molecule has 0 N–H and O–H groups in total. The summed E-state index contributed by atoms with van der Waals surface area (Å²) in [6.07, 6.45) is 7.46.